The Morgan fingerprint density at radius 3 is 2.05 bits per heavy atom. The number of carboxylic acids is 1. The molecule has 3 aromatic rings. The van der Waals surface area contributed by atoms with Crippen molar-refractivity contribution < 1.29 is 14.7 Å². The second kappa shape index (κ2) is 16.7. The van der Waals surface area contributed by atoms with Crippen LogP contribution in [0.15, 0.2) is 72.8 Å². The molecular formula is C33H44N2O3S. The molecule has 0 saturated carbocycles. The molecule has 3 rings (SSSR count). The predicted octanol–water partition coefficient (Wildman–Crippen LogP) is 7.87. The van der Waals surface area contributed by atoms with E-state index in [1.807, 2.05) is 0 Å². The van der Waals surface area contributed by atoms with E-state index in [-0.39, 0.29) is 12.3 Å². The summed E-state index contributed by atoms with van der Waals surface area (Å²) >= 11 is 1.66. The maximum Gasteiger partial charge on any atom is 0.304 e. The molecule has 0 aliphatic carbocycles. The van der Waals surface area contributed by atoms with Crippen LogP contribution in [-0.4, -0.2) is 28.8 Å². The minimum Gasteiger partial charge on any atom is -0.481 e. The van der Waals surface area contributed by atoms with Gasteiger partial charge in [-0.2, -0.15) is 11.8 Å². The van der Waals surface area contributed by atoms with Crippen LogP contribution in [0.2, 0.25) is 0 Å². The van der Waals surface area contributed by atoms with Crippen molar-refractivity contribution in [2.75, 3.05) is 10.7 Å². The minimum absolute atomic E-state index is 0.213. The lowest BCUT2D eigenvalue weighted by molar-refractivity contribution is -0.136. The maximum absolute atomic E-state index is 10.7. The smallest absolute Gasteiger partial charge is 0.304 e. The fourth-order valence-electron chi connectivity index (χ4n) is 4.46. The summed E-state index contributed by atoms with van der Waals surface area (Å²) in [7, 11) is 0. The Bertz CT molecular complexity index is 1150. The summed E-state index contributed by atoms with van der Waals surface area (Å²) in [6.07, 6.45) is 2.58. The van der Waals surface area contributed by atoms with E-state index < -0.39 is 5.97 Å². The SMILES string of the molecule is CC(N)=O.CCC(CC)c1ccc(N(Cc2cccc(-c3ccc(CSCCC(=O)O)cc3)c2)C(C)C)cc1. The molecule has 0 unspecified atom stereocenters. The maximum atomic E-state index is 10.7. The monoisotopic (exact) mass is 548 g/mol. The Labute approximate surface area is 238 Å². The number of hydrogen-bond donors (Lipinski definition) is 2. The molecule has 0 heterocycles. The summed E-state index contributed by atoms with van der Waals surface area (Å²) < 4.78 is 0. The number of rotatable bonds is 13. The molecule has 6 heteroatoms. The molecule has 210 valence electrons. The molecule has 0 bridgehead atoms. The quantitative estimate of drug-likeness (QED) is 0.212. The standard InChI is InChI=1S/C31H39NO2S.C2H5NO/c1-5-26(6-2)27-14-16-30(17-15-27)32(23(3)4)21-25-8-7-9-29(20-25)28-12-10-24(11-13-28)22-35-19-18-31(33)34;1-2(3)4/h7-17,20,23,26H,5-6,18-19,21-22H2,1-4H3,(H,33,34);1H3,(H2,3,4). The molecule has 0 saturated heterocycles. The van der Waals surface area contributed by atoms with Crippen molar-refractivity contribution in [2.24, 2.45) is 5.73 Å². The Kier molecular flexibility index (Phi) is 13.7. The van der Waals surface area contributed by atoms with Gasteiger partial charge in [-0.05, 0) is 78.6 Å². The van der Waals surface area contributed by atoms with E-state index in [4.69, 9.17) is 5.11 Å². The van der Waals surface area contributed by atoms with E-state index in [0.29, 0.717) is 17.7 Å². The zero-order valence-electron chi connectivity index (χ0n) is 24.0. The van der Waals surface area contributed by atoms with Crippen LogP contribution in [0, 0.1) is 0 Å². The van der Waals surface area contributed by atoms with Gasteiger partial charge in [0, 0.05) is 36.7 Å². The fourth-order valence-corrected chi connectivity index (χ4v) is 5.35. The van der Waals surface area contributed by atoms with Gasteiger partial charge >= 0.3 is 5.97 Å². The van der Waals surface area contributed by atoms with Crippen molar-refractivity contribution in [3.05, 3.63) is 89.5 Å². The molecule has 0 radical (unpaired) electrons. The molecule has 0 aliphatic rings. The predicted molar refractivity (Wildman–Crippen MR) is 166 cm³/mol. The summed E-state index contributed by atoms with van der Waals surface area (Å²) in [5, 5.41) is 8.78. The normalized spacial score (nSPS) is 10.7. The molecule has 0 aliphatic heterocycles. The molecule has 3 N–H and O–H groups in total. The van der Waals surface area contributed by atoms with Gasteiger partial charge in [-0.15, -0.1) is 0 Å². The Hall–Kier alpha value is -3.25. The van der Waals surface area contributed by atoms with Gasteiger partial charge in [-0.25, -0.2) is 0 Å². The molecule has 0 spiro atoms. The highest BCUT2D eigenvalue weighted by molar-refractivity contribution is 7.98. The highest BCUT2D eigenvalue weighted by Gasteiger charge is 2.14. The lowest BCUT2D eigenvalue weighted by atomic mass is 9.94. The van der Waals surface area contributed by atoms with Gasteiger partial charge < -0.3 is 15.7 Å². The largest absolute Gasteiger partial charge is 0.481 e. The van der Waals surface area contributed by atoms with Crippen LogP contribution in [0.5, 0.6) is 0 Å². The van der Waals surface area contributed by atoms with Gasteiger partial charge in [0.25, 0.3) is 0 Å². The average Bonchev–Trinajstić information content (AvgIpc) is 2.91. The van der Waals surface area contributed by atoms with Gasteiger partial charge in [-0.3, -0.25) is 9.59 Å². The topological polar surface area (TPSA) is 83.6 Å². The third-order valence-electron chi connectivity index (χ3n) is 6.60. The number of anilines is 1. The van der Waals surface area contributed by atoms with Crippen molar-refractivity contribution in [3.8, 4) is 11.1 Å². The van der Waals surface area contributed by atoms with E-state index in [9.17, 15) is 9.59 Å². The summed E-state index contributed by atoms with van der Waals surface area (Å²) in [6.45, 7) is 11.2. The van der Waals surface area contributed by atoms with Crippen molar-refractivity contribution in [2.45, 2.75) is 78.1 Å². The number of aliphatic carboxylic acids is 1. The van der Waals surface area contributed by atoms with E-state index >= 15 is 0 Å². The Morgan fingerprint density at radius 1 is 0.897 bits per heavy atom. The van der Waals surface area contributed by atoms with Crippen LogP contribution in [-0.2, 0) is 21.9 Å². The van der Waals surface area contributed by atoms with Crippen LogP contribution in [0.1, 0.15) is 76.5 Å². The number of carbonyl (C=O) groups excluding carboxylic acids is 1. The van der Waals surface area contributed by atoms with Crippen LogP contribution < -0.4 is 10.6 Å². The highest BCUT2D eigenvalue weighted by atomic mass is 32.2. The Balaban J connectivity index is 0.00000124. The van der Waals surface area contributed by atoms with Crippen LogP contribution in [0.4, 0.5) is 5.69 Å². The number of benzene rings is 3. The third kappa shape index (κ3) is 11.2. The summed E-state index contributed by atoms with van der Waals surface area (Å²) in [4.78, 5) is 22.4. The molecule has 39 heavy (non-hydrogen) atoms. The molecule has 3 aromatic carbocycles. The van der Waals surface area contributed by atoms with Crippen LogP contribution in [0.3, 0.4) is 0 Å². The molecule has 1 amide bonds. The first-order valence-corrected chi connectivity index (χ1v) is 14.9. The number of carboxylic acid groups (broad SMARTS) is 1. The number of nitrogens with two attached hydrogens (primary N) is 1. The number of amides is 1. The zero-order chi connectivity index (χ0) is 28.8. The average molecular weight is 549 g/mol. The fraction of sp³-hybridized carbons (Fsp3) is 0.394. The van der Waals surface area contributed by atoms with E-state index in [0.717, 1.165) is 12.3 Å². The van der Waals surface area contributed by atoms with Gasteiger partial charge in [0.05, 0.1) is 6.42 Å². The van der Waals surface area contributed by atoms with Crippen molar-refractivity contribution in [3.63, 3.8) is 0 Å². The van der Waals surface area contributed by atoms with Crippen molar-refractivity contribution in [1.82, 2.24) is 0 Å². The number of nitrogens with zero attached hydrogens (tertiary/aromatic N) is 1. The summed E-state index contributed by atoms with van der Waals surface area (Å²) in [5.74, 6) is 1.06. The van der Waals surface area contributed by atoms with Gasteiger partial charge in [-0.1, -0.05) is 68.4 Å². The first-order chi connectivity index (χ1) is 18.6. The minimum atomic E-state index is -0.734. The molecule has 5 nitrogen and oxygen atoms in total. The van der Waals surface area contributed by atoms with Crippen molar-refractivity contribution >= 4 is 29.3 Å². The molecular weight excluding hydrogens is 504 g/mol. The molecule has 0 aromatic heterocycles. The second-order valence-corrected chi connectivity index (χ2v) is 11.1. The van der Waals surface area contributed by atoms with Crippen LogP contribution in [0.25, 0.3) is 11.1 Å². The highest BCUT2D eigenvalue weighted by Crippen LogP contribution is 2.28. The Morgan fingerprint density at radius 2 is 1.51 bits per heavy atom. The van der Waals surface area contributed by atoms with Gasteiger partial charge in [0.2, 0.25) is 5.91 Å². The van der Waals surface area contributed by atoms with Gasteiger partial charge in [0.1, 0.15) is 0 Å². The van der Waals surface area contributed by atoms with E-state index in [2.05, 4.69) is 111 Å². The third-order valence-corrected chi connectivity index (χ3v) is 7.63. The lowest BCUT2D eigenvalue weighted by Crippen LogP contribution is -2.30. The molecule has 0 fully saturated rings. The van der Waals surface area contributed by atoms with Gasteiger partial charge in [0.15, 0.2) is 0 Å². The molecule has 0 atom stereocenters. The second-order valence-electron chi connectivity index (χ2n) is 10.0. The zero-order valence-corrected chi connectivity index (χ0v) is 24.8. The first kappa shape index (κ1) is 32.0. The first-order valence-electron chi connectivity index (χ1n) is 13.7. The summed E-state index contributed by atoms with van der Waals surface area (Å²) in [6, 6.07) is 27.0. The van der Waals surface area contributed by atoms with E-state index in [1.54, 1.807) is 11.8 Å². The lowest BCUT2D eigenvalue weighted by Gasteiger charge is -2.30. The van der Waals surface area contributed by atoms with Crippen LogP contribution >= 0.6 is 11.8 Å². The number of primary amides is 1. The van der Waals surface area contributed by atoms with Crippen molar-refractivity contribution in [1.29, 1.82) is 0 Å². The number of thioether (sulfide) groups is 1. The number of carbonyl (C=O) groups is 2. The van der Waals surface area contributed by atoms with E-state index in [1.165, 1.54) is 53.3 Å². The number of hydrogen-bond acceptors (Lipinski definition) is 4. The summed E-state index contributed by atoms with van der Waals surface area (Å²) in [5.41, 5.74) is 12.1.